The topological polar surface area (TPSA) is 82.1 Å². The van der Waals surface area contributed by atoms with E-state index in [2.05, 4.69) is 0 Å². The van der Waals surface area contributed by atoms with Gasteiger partial charge in [0.1, 0.15) is 16.8 Å². The van der Waals surface area contributed by atoms with Crippen LogP contribution in [0.1, 0.15) is 58.8 Å². The first-order valence-corrected chi connectivity index (χ1v) is 8.97. The molecule has 0 aliphatic heterocycles. The summed E-state index contributed by atoms with van der Waals surface area (Å²) in [5.74, 6) is -2.23. The van der Waals surface area contributed by atoms with Gasteiger partial charge in [-0.1, -0.05) is 11.6 Å². The van der Waals surface area contributed by atoms with Crippen molar-refractivity contribution in [2.45, 2.75) is 59.7 Å². The summed E-state index contributed by atoms with van der Waals surface area (Å²) in [4.78, 5) is 37.7. The number of esters is 1. The quantitative estimate of drug-likeness (QED) is 0.488. The molecule has 1 aromatic carbocycles. The van der Waals surface area contributed by atoms with Gasteiger partial charge in [0.2, 0.25) is 0 Å². The Morgan fingerprint density at radius 1 is 1.00 bits per heavy atom. The Morgan fingerprint density at radius 3 is 1.86 bits per heavy atom. The van der Waals surface area contributed by atoms with Crippen LogP contribution in [0.3, 0.4) is 0 Å². The van der Waals surface area contributed by atoms with E-state index < -0.39 is 46.4 Å². The van der Waals surface area contributed by atoms with Gasteiger partial charge in [-0.05, 0) is 60.6 Å². The molecule has 0 bridgehead atoms. The predicted octanol–water partition coefficient (Wildman–Crippen LogP) is 5.33. The first-order valence-electron chi connectivity index (χ1n) is 8.59. The van der Waals surface area contributed by atoms with Crippen LogP contribution in [0.15, 0.2) is 12.1 Å². The minimum absolute atomic E-state index is 0.0132. The van der Waals surface area contributed by atoms with Crippen molar-refractivity contribution in [3.63, 3.8) is 0 Å². The van der Waals surface area contributed by atoms with Crippen LogP contribution in [0.25, 0.3) is 0 Å². The molecule has 1 rings (SSSR count). The average Bonchev–Trinajstić information content (AvgIpc) is 2.46. The van der Waals surface area contributed by atoms with E-state index in [1.165, 1.54) is 6.07 Å². The second-order valence-corrected chi connectivity index (χ2v) is 8.18. The zero-order valence-corrected chi connectivity index (χ0v) is 17.8. The smallest absolute Gasteiger partial charge is 0.424 e. The molecule has 0 saturated carbocycles. The fourth-order valence-electron chi connectivity index (χ4n) is 1.99. The minimum Gasteiger partial charge on any atom is -0.462 e. The van der Waals surface area contributed by atoms with Gasteiger partial charge in [0.25, 0.3) is 0 Å². The van der Waals surface area contributed by atoms with E-state index >= 15 is 4.39 Å². The lowest BCUT2D eigenvalue weighted by Crippen LogP contribution is -2.44. The van der Waals surface area contributed by atoms with Crippen LogP contribution in [-0.2, 0) is 14.2 Å². The second kappa shape index (κ2) is 8.77. The standard InChI is InChI=1S/C19H25ClFNO6/c1-8-26-15(23)13-11(20)9-10-12(14(13)21)22(16(24)27-18(2,3)4)17(25)28-19(5,6)7/h9-10H,8H2,1-7H3. The van der Waals surface area contributed by atoms with Gasteiger partial charge < -0.3 is 14.2 Å². The van der Waals surface area contributed by atoms with Crippen LogP contribution in [-0.4, -0.2) is 36.0 Å². The van der Waals surface area contributed by atoms with E-state index in [0.29, 0.717) is 4.90 Å². The van der Waals surface area contributed by atoms with Gasteiger partial charge >= 0.3 is 18.2 Å². The molecule has 0 heterocycles. The molecule has 2 amide bonds. The van der Waals surface area contributed by atoms with Crippen LogP contribution in [0.4, 0.5) is 19.7 Å². The number of amides is 2. The number of nitrogens with zero attached hydrogens (tertiary/aromatic N) is 1. The third kappa shape index (κ3) is 6.37. The Bertz CT molecular complexity index is 739. The summed E-state index contributed by atoms with van der Waals surface area (Å²) >= 11 is 5.92. The highest BCUT2D eigenvalue weighted by atomic mass is 35.5. The Morgan fingerprint density at radius 2 is 1.46 bits per heavy atom. The maximum absolute atomic E-state index is 15.1. The Labute approximate surface area is 168 Å². The fourth-order valence-corrected chi connectivity index (χ4v) is 2.21. The van der Waals surface area contributed by atoms with Crippen LogP contribution < -0.4 is 4.90 Å². The summed E-state index contributed by atoms with van der Waals surface area (Å²) in [5.41, 5.74) is -3.08. The van der Waals surface area contributed by atoms with Crippen molar-refractivity contribution < 1.29 is 33.0 Å². The first-order chi connectivity index (χ1) is 12.7. The average molecular weight is 418 g/mol. The van der Waals surface area contributed by atoms with E-state index in [1.807, 2.05) is 0 Å². The predicted molar refractivity (Wildman–Crippen MR) is 102 cm³/mol. The number of benzene rings is 1. The monoisotopic (exact) mass is 417 g/mol. The SMILES string of the molecule is CCOC(=O)c1c(Cl)ccc(N(C(=O)OC(C)(C)C)C(=O)OC(C)(C)C)c1F. The molecule has 28 heavy (non-hydrogen) atoms. The van der Waals surface area contributed by atoms with Crippen molar-refractivity contribution in [3.8, 4) is 0 Å². The van der Waals surface area contributed by atoms with Crippen molar-refractivity contribution in [3.05, 3.63) is 28.5 Å². The van der Waals surface area contributed by atoms with E-state index in [9.17, 15) is 14.4 Å². The molecule has 0 fully saturated rings. The summed E-state index contributed by atoms with van der Waals surface area (Å²) in [7, 11) is 0. The second-order valence-electron chi connectivity index (χ2n) is 7.77. The van der Waals surface area contributed by atoms with Crippen molar-refractivity contribution in [1.29, 1.82) is 0 Å². The third-order valence-electron chi connectivity index (χ3n) is 2.94. The van der Waals surface area contributed by atoms with E-state index in [0.717, 1.165) is 6.07 Å². The van der Waals surface area contributed by atoms with Gasteiger partial charge in [-0.2, -0.15) is 4.90 Å². The minimum atomic E-state index is -1.21. The van der Waals surface area contributed by atoms with Crippen molar-refractivity contribution in [2.75, 3.05) is 11.5 Å². The molecule has 0 unspecified atom stereocenters. The van der Waals surface area contributed by atoms with Crippen LogP contribution in [0.2, 0.25) is 5.02 Å². The van der Waals surface area contributed by atoms with E-state index in [4.69, 9.17) is 25.8 Å². The number of ether oxygens (including phenoxy) is 3. The van der Waals surface area contributed by atoms with Gasteiger partial charge in [0.15, 0.2) is 5.82 Å². The Kier molecular flexibility index (Phi) is 7.42. The molecule has 7 nitrogen and oxygen atoms in total. The first kappa shape index (κ1) is 23.7. The molecule has 0 spiro atoms. The molecule has 0 aliphatic rings. The highest BCUT2D eigenvalue weighted by molar-refractivity contribution is 6.33. The van der Waals surface area contributed by atoms with Crippen molar-refractivity contribution in [2.24, 2.45) is 0 Å². The summed E-state index contributed by atoms with van der Waals surface area (Å²) < 4.78 is 30.3. The summed E-state index contributed by atoms with van der Waals surface area (Å²) in [5, 5.41) is -0.229. The largest absolute Gasteiger partial charge is 0.462 e. The molecule has 9 heteroatoms. The zero-order valence-electron chi connectivity index (χ0n) is 17.0. The van der Waals surface area contributed by atoms with Crippen LogP contribution in [0, 0.1) is 5.82 Å². The van der Waals surface area contributed by atoms with Crippen molar-refractivity contribution in [1.82, 2.24) is 0 Å². The van der Waals surface area contributed by atoms with Crippen LogP contribution >= 0.6 is 11.6 Å². The molecule has 0 aliphatic carbocycles. The number of anilines is 1. The molecular weight excluding hydrogens is 393 g/mol. The number of hydrogen-bond acceptors (Lipinski definition) is 6. The lowest BCUT2D eigenvalue weighted by molar-refractivity contribution is 0.0423. The number of carbonyl (C=O) groups excluding carboxylic acids is 3. The number of rotatable bonds is 3. The van der Waals surface area contributed by atoms with Crippen LogP contribution in [0.5, 0.6) is 0 Å². The molecule has 1 aromatic rings. The lowest BCUT2D eigenvalue weighted by Gasteiger charge is -2.29. The summed E-state index contributed by atoms with van der Waals surface area (Å²) in [6.45, 7) is 11.0. The molecule has 0 atom stereocenters. The maximum atomic E-state index is 15.1. The normalized spacial score (nSPS) is 11.6. The van der Waals surface area contributed by atoms with Crippen molar-refractivity contribution >= 4 is 35.4 Å². The molecule has 0 saturated heterocycles. The van der Waals surface area contributed by atoms with Gasteiger partial charge in [-0.3, -0.25) is 0 Å². The maximum Gasteiger partial charge on any atom is 0.424 e. The Hall–Kier alpha value is -2.35. The third-order valence-corrected chi connectivity index (χ3v) is 3.26. The molecule has 0 radical (unpaired) electrons. The highest BCUT2D eigenvalue weighted by Crippen LogP contribution is 2.31. The van der Waals surface area contributed by atoms with Gasteiger partial charge in [-0.25, -0.2) is 18.8 Å². The van der Waals surface area contributed by atoms with E-state index in [1.54, 1.807) is 48.5 Å². The highest BCUT2D eigenvalue weighted by Gasteiger charge is 2.36. The number of hydrogen-bond donors (Lipinski definition) is 0. The number of halogens is 2. The lowest BCUT2D eigenvalue weighted by atomic mass is 10.1. The van der Waals surface area contributed by atoms with E-state index in [-0.39, 0.29) is 11.6 Å². The molecular formula is C19H25ClFNO6. The van der Waals surface area contributed by atoms with Gasteiger partial charge in [0.05, 0.1) is 17.3 Å². The molecule has 156 valence electrons. The number of carbonyl (C=O) groups is 3. The Balaban J connectivity index is 3.53. The number of imide groups is 1. The fraction of sp³-hybridized carbons (Fsp3) is 0.526. The zero-order chi connectivity index (χ0) is 21.9. The molecule has 0 N–H and O–H groups in total. The molecule has 0 aromatic heterocycles. The van der Waals surface area contributed by atoms with Gasteiger partial charge in [-0.15, -0.1) is 0 Å². The summed E-state index contributed by atoms with van der Waals surface area (Å²) in [6.07, 6.45) is -2.34. The summed E-state index contributed by atoms with van der Waals surface area (Å²) in [6, 6.07) is 2.25. The van der Waals surface area contributed by atoms with Gasteiger partial charge in [0, 0.05) is 0 Å².